The summed E-state index contributed by atoms with van der Waals surface area (Å²) < 4.78 is 0. The fraction of sp³-hybridized carbons (Fsp3) is 0. The number of nitrogens with one attached hydrogen (secondary N) is 1. The average Bonchev–Trinajstić information content (AvgIpc) is 2.62. The maximum Gasteiger partial charge on any atom is 0.196 e. The Morgan fingerprint density at radius 2 is 1.60 bits per heavy atom. The molecule has 2 aromatic carbocycles. The standard InChI is InChI=1S/C18H8Cl2N4O/c19-12-5-6-16(24-17(10-23)11(8-21)9-22)14(7-12)18(25)13-3-1-2-4-15(13)20/h1-7,24H. The summed E-state index contributed by atoms with van der Waals surface area (Å²) in [5.41, 5.74) is -0.00988. The SMILES string of the molecule is N#CC(C#N)=C(C#N)Nc1ccc(Cl)cc1C(=O)c1ccccc1Cl. The molecule has 25 heavy (non-hydrogen) atoms. The number of ketones is 1. The molecule has 0 bridgehead atoms. The number of carbonyl (C=O) groups is 1. The van der Waals surface area contributed by atoms with Gasteiger partial charge in [-0.15, -0.1) is 0 Å². The molecule has 0 heterocycles. The van der Waals surface area contributed by atoms with E-state index in [0.29, 0.717) is 5.02 Å². The summed E-state index contributed by atoms with van der Waals surface area (Å²) in [5.74, 6) is -0.414. The zero-order valence-corrected chi connectivity index (χ0v) is 14.1. The van der Waals surface area contributed by atoms with Crippen LogP contribution in [0, 0.1) is 34.0 Å². The molecule has 0 atom stereocenters. The van der Waals surface area contributed by atoms with Crippen molar-refractivity contribution >= 4 is 34.7 Å². The van der Waals surface area contributed by atoms with Crippen LogP contribution in [0.4, 0.5) is 5.69 Å². The molecule has 0 saturated carbocycles. The van der Waals surface area contributed by atoms with Crippen molar-refractivity contribution in [3.05, 3.63) is 74.9 Å². The predicted molar refractivity (Wildman–Crippen MR) is 93.8 cm³/mol. The quantitative estimate of drug-likeness (QED) is 0.635. The van der Waals surface area contributed by atoms with E-state index in [4.69, 9.17) is 39.0 Å². The zero-order valence-electron chi connectivity index (χ0n) is 12.5. The molecule has 0 saturated heterocycles. The number of anilines is 1. The van der Waals surface area contributed by atoms with E-state index in [1.54, 1.807) is 42.5 Å². The highest BCUT2D eigenvalue weighted by Crippen LogP contribution is 2.27. The second-order valence-electron chi connectivity index (χ2n) is 4.71. The lowest BCUT2D eigenvalue weighted by Gasteiger charge is -2.12. The van der Waals surface area contributed by atoms with Crippen LogP contribution < -0.4 is 5.32 Å². The third-order valence-corrected chi connectivity index (χ3v) is 3.75. The summed E-state index contributed by atoms with van der Waals surface area (Å²) in [6.45, 7) is 0. The van der Waals surface area contributed by atoms with Crippen molar-refractivity contribution in [3.8, 4) is 18.2 Å². The topological polar surface area (TPSA) is 100 Å². The highest BCUT2D eigenvalue weighted by atomic mass is 35.5. The first-order valence-corrected chi connectivity index (χ1v) is 7.57. The largest absolute Gasteiger partial charge is 0.345 e. The van der Waals surface area contributed by atoms with Crippen molar-refractivity contribution in [2.24, 2.45) is 0 Å². The van der Waals surface area contributed by atoms with Crippen LogP contribution in [0.25, 0.3) is 0 Å². The number of rotatable bonds is 4. The zero-order chi connectivity index (χ0) is 18.4. The van der Waals surface area contributed by atoms with E-state index in [0.717, 1.165) is 0 Å². The number of benzene rings is 2. The summed E-state index contributed by atoms with van der Waals surface area (Å²) in [4.78, 5) is 12.8. The van der Waals surface area contributed by atoms with E-state index in [2.05, 4.69) is 5.32 Å². The van der Waals surface area contributed by atoms with Gasteiger partial charge in [-0.1, -0.05) is 35.3 Å². The van der Waals surface area contributed by atoms with Crippen molar-refractivity contribution in [1.29, 1.82) is 15.8 Å². The number of nitrogens with zero attached hydrogens (tertiary/aromatic N) is 3. The summed E-state index contributed by atoms with van der Waals surface area (Å²) in [7, 11) is 0. The van der Waals surface area contributed by atoms with Gasteiger partial charge in [-0.2, -0.15) is 15.8 Å². The number of nitriles is 3. The number of hydrogen-bond donors (Lipinski definition) is 1. The highest BCUT2D eigenvalue weighted by Gasteiger charge is 2.18. The van der Waals surface area contributed by atoms with Crippen molar-refractivity contribution in [1.82, 2.24) is 0 Å². The molecule has 7 heteroatoms. The van der Waals surface area contributed by atoms with E-state index >= 15 is 0 Å². The number of halogens is 2. The Balaban J connectivity index is 2.57. The lowest BCUT2D eigenvalue weighted by Crippen LogP contribution is -2.09. The van der Waals surface area contributed by atoms with E-state index in [1.807, 2.05) is 0 Å². The first-order chi connectivity index (χ1) is 12.0. The second-order valence-corrected chi connectivity index (χ2v) is 5.55. The molecule has 0 aliphatic heterocycles. The van der Waals surface area contributed by atoms with E-state index in [1.165, 1.54) is 18.2 Å². The molecule has 0 spiro atoms. The van der Waals surface area contributed by atoms with Gasteiger partial charge in [0, 0.05) is 16.1 Å². The van der Waals surface area contributed by atoms with Crippen molar-refractivity contribution < 1.29 is 4.79 Å². The molecule has 2 rings (SSSR count). The van der Waals surface area contributed by atoms with Gasteiger partial charge in [0.2, 0.25) is 0 Å². The minimum absolute atomic E-state index is 0.156. The second kappa shape index (κ2) is 7.99. The number of allylic oxidation sites excluding steroid dienone is 2. The smallest absolute Gasteiger partial charge is 0.196 e. The van der Waals surface area contributed by atoms with Gasteiger partial charge in [0.1, 0.15) is 23.9 Å². The van der Waals surface area contributed by atoms with Crippen LogP contribution in [-0.2, 0) is 0 Å². The minimum Gasteiger partial charge on any atom is -0.345 e. The Morgan fingerprint density at radius 3 is 2.20 bits per heavy atom. The Bertz CT molecular complexity index is 991. The van der Waals surface area contributed by atoms with Crippen LogP contribution in [0.3, 0.4) is 0 Å². The van der Waals surface area contributed by atoms with Gasteiger partial charge in [0.05, 0.1) is 10.7 Å². The highest BCUT2D eigenvalue weighted by molar-refractivity contribution is 6.35. The monoisotopic (exact) mass is 366 g/mol. The fourth-order valence-corrected chi connectivity index (χ4v) is 2.42. The fourth-order valence-electron chi connectivity index (χ4n) is 2.02. The summed E-state index contributed by atoms with van der Waals surface area (Å²) in [6, 6.07) is 15.9. The van der Waals surface area contributed by atoms with Gasteiger partial charge in [-0.25, -0.2) is 0 Å². The van der Waals surface area contributed by atoms with Crippen LogP contribution in [0.1, 0.15) is 15.9 Å². The van der Waals surface area contributed by atoms with Crippen molar-refractivity contribution in [3.63, 3.8) is 0 Å². The molecule has 0 aliphatic carbocycles. The molecular formula is C18H8Cl2N4O. The van der Waals surface area contributed by atoms with Crippen molar-refractivity contribution in [2.45, 2.75) is 0 Å². The maximum absolute atomic E-state index is 12.8. The molecule has 0 aromatic heterocycles. The molecule has 120 valence electrons. The Labute approximate surface area is 153 Å². The van der Waals surface area contributed by atoms with E-state index in [-0.39, 0.29) is 27.5 Å². The number of carbonyl (C=O) groups excluding carboxylic acids is 1. The molecule has 0 unspecified atom stereocenters. The third-order valence-electron chi connectivity index (χ3n) is 3.19. The summed E-state index contributed by atoms with van der Waals surface area (Å²) in [6.07, 6.45) is 0. The molecule has 0 aliphatic rings. The predicted octanol–water partition coefficient (Wildman–Crippen LogP) is 4.46. The van der Waals surface area contributed by atoms with E-state index in [9.17, 15) is 4.79 Å². The van der Waals surface area contributed by atoms with Crippen LogP contribution in [0.15, 0.2) is 53.7 Å². The van der Waals surface area contributed by atoms with Crippen LogP contribution in [-0.4, -0.2) is 5.78 Å². The summed E-state index contributed by atoms with van der Waals surface area (Å²) >= 11 is 12.0. The molecule has 0 amide bonds. The molecule has 0 fully saturated rings. The van der Waals surface area contributed by atoms with Gasteiger partial charge in [0.15, 0.2) is 11.4 Å². The first-order valence-electron chi connectivity index (χ1n) is 6.82. The Kier molecular flexibility index (Phi) is 5.77. The summed E-state index contributed by atoms with van der Waals surface area (Å²) in [5, 5.41) is 30.2. The van der Waals surface area contributed by atoms with Crippen LogP contribution in [0.2, 0.25) is 10.0 Å². The molecule has 0 radical (unpaired) electrons. The van der Waals surface area contributed by atoms with Crippen LogP contribution in [0.5, 0.6) is 0 Å². The normalized spacial score (nSPS) is 9.24. The lowest BCUT2D eigenvalue weighted by molar-refractivity contribution is 0.103. The number of hydrogen-bond acceptors (Lipinski definition) is 5. The van der Waals surface area contributed by atoms with Gasteiger partial charge in [-0.3, -0.25) is 4.79 Å². The van der Waals surface area contributed by atoms with Crippen molar-refractivity contribution in [2.75, 3.05) is 5.32 Å². The minimum atomic E-state index is -0.414. The molecule has 5 nitrogen and oxygen atoms in total. The maximum atomic E-state index is 12.8. The molecule has 1 N–H and O–H groups in total. The average molecular weight is 367 g/mol. The van der Waals surface area contributed by atoms with Gasteiger partial charge < -0.3 is 5.32 Å². The molecular weight excluding hydrogens is 359 g/mol. The Hall–Kier alpha value is -3.30. The van der Waals surface area contributed by atoms with Gasteiger partial charge in [-0.05, 0) is 30.3 Å². The van der Waals surface area contributed by atoms with Gasteiger partial charge >= 0.3 is 0 Å². The third kappa shape index (κ3) is 3.97. The van der Waals surface area contributed by atoms with Crippen LogP contribution >= 0.6 is 23.2 Å². The van der Waals surface area contributed by atoms with E-state index < -0.39 is 11.4 Å². The Morgan fingerprint density at radius 1 is 0.920 bits per heavy atom. The molecule has 2 aromatic rings. The lowest BCUT2D eigenvalue weighted by atomic mass is 10.0. The first kappa shape index (κ1) is 18.0. The van der Waals surface area contributed by atoms with Gasteiger partial charge in [0.25, 0.3) is 0 Å².